The van der Waals surface area contributed by atoms with Gasteiger partial charge in [0.25, 0.3) is 0 Å². The Kier molecular flexibility index (Phi) is 6.85. The Labute approximate surface area is 124 Å². The summed E-state index contributed by atoms with van der Waals surface area (Å²) in [6.07, 6.45) is 5.64. The third-order valence-electron chi connectivity index (χ3n) is 3.29. The zero-order valence-electron chi connectivity index (χ0n) is 11.9. The van der Waals surface area contributed by atoms with E-state index in [0.29, 0.717) is 5.92 Å². The van der Waals surface area contributed by atoms with Crippen LogP contribution < -0.4 is 5.32 Å². The van der Waals surface area contributed by atoms with Crippen molar-refractivity contribution in [2.45, 2.75) is 33.6 Å². The monoisotopic (exact) mass is 323 g/mol. The topological polar surface area (TPSA) is 29.1 Å². The molecule has 0 heterocycles. The van der Waals surface area contributed by atoms with Crippen molar-refractivity contribution in [3.63, 3.8) is 0 Å². The van der Waals surface area contributed by atoms with E-state index in [4.69, 9.17) is 0 Å². The Morgan fingerprint density at radius 2 is 2.05 bits per heavy atom. The molecule has 0 aliphatic rings. The van der Waals surface area contributed by atoms with Gasteiger partial charge in [-0.1, -0.05) is 54.8 Å². The van der Waals surface area contributed by atoms with E-state index in [1.54, 1.807) is 6.08 Å². The summed E-state index contributed by atoms with van der Waals surface area (Å²) >= 11 is 3.50. The molecule has 1 rings (SSSR count). The molecule has 1 aromatic carbocycles. The summed E-state index contributed by atoms with van der Waals surface area (Å²) in [7, 11) is 0. The van der Waals surface area contributed by atoms with Crippen LogP contribution in [0.15, 0.2) is 28.7 Å². The number of halogens is 1. The first-order valence-electron chi connectivity index (χ1n) is 6.78. The highest BCUT2D eigenvalue weighted by molar-refractivity contribution is 9.10. The normalized spacial score (nSPS) is 11.2. The molecule has 0 atom stereocenters. The number of amides is 1. The van der Waals surface area contributed by atoms with Gasteiger partial charge in [-0.25, -0.2) is 0 Å². The van der Waals surface area contributed by atoms with Crippen LogP contribution in [0.25, 0.3) is 6.08 Å². The molecule has 0 spiro atoms. The average molecular weight is 324 g/mol. The summed E-state index contributed by atoms with van der Waals surface area (Å²) in [4.78, 5) is 11.7. The zero-order chi connectivity index (χ0) is 14.3. The molecular formula is C16H22BrNO. The molecule has 0 aliphatic carbocycles. The summed E-state index contributed by atoms with van der Waals surface area (Å²) < 4.78 is 1.01. The molecule has 0 aromatic heterocycles. The van der Waals surface area contributed by atoms with Crippen LogP contribution in [-0.2, 0) is 4.79 Å². The van der Waals surface area contributed by atoms with Crippen LogP contribution in [0.4, 0.5) is 0 Å². The highest BCUT2D eigenvalue weighted by atomic mass is 79.9. The molecular weight excluding hydrogens is 302 g/mol. The number of carbonyl (C=O) groups excluding carboxylic acids is 1. The van der Waals surface area contributed by atoms with Gasteiger partial charge in [0.05, 0.1) is 0 Å². The van der Waals surface area contributed by atoms with E-state index in [-0.39, 0.29) is 5.91 Å². The minimum Gasteiger partial charge on any atom is -0.352 e. The van der Waals surface area contributed by atoms with Crippen molar-refractivity contribution in [1.82, 2.24) is 5.32 Å². The predicted molar refractivity (Wildman–Crippen MR) is 85.0 cm³/mol. The maximum absolute atomic E-state index is 11.7. The van der Waals surface area contributed by atoms with Gasteiger partial charge in [-0.05, 0) is 36.1 Å². The summed E-state index contributed by atoms with van der Waals surface area (Å²) in [6, 6.07) is 6.08. The lowest BCUT2D eigenvalue weighted by atomic mass is 10.0. The first kappa shape index (κ1) is 16.0. The maximum atomic E-state index is 11.7. The lowest BCUT2D eigenvalue weighted by Gasteiger charge is -2.11. The maximum Gasteiger partial charge on any atom is 0.244 e. The third kappa shape index (κ3) is 5.60. The van der Waals surface area contributed by atoms with Gasteiger partial charge in [-0.2, -0.15) is 0 Å². The molecule has 0 aliphatic heterocycles. The summed E-state index contributed by atoms with van der Waals surface area (Å²) in [5.41, 5.74) is 2.21. The highest BCUT2D eigenvalue weighted by Crippen LogP contribution is 2.19. The number of hydrogen-bond acceptors (Lipinski definition) is 1. The van der Waals surface area contributed by atoms with Crippen LogP contribution in [0.1, 0.15) is 37.8 Å². The van der Waals surface area contributed by atoms with Gasteiger partial charge >= 0.3 is 0 Å². The molecule has 104 valence electrons. The molecule has 0 bridgehead atoms. The second kappa shape index (κ2) is 8.16. The zero-order valence-corrected chi connectivity index (χ0v) is 13.5. The number of carbonyl (C=O) groups is 1. The van der Waals surface area contributed by atoms with E-state index < -0.39 is 0 Å². The Hall–Kier alpha value is -1.09. The van der Waals surface area contributed by atoms with Gasteiger partial charge in [-0.15, -0.1) is 0 Å². The van der Waals surface area contributed by atoms with Gasteiger partial charge in [0.15, 0.2) is 0 Å². The fraction of sp³-hybridized carbons (Fsp3) is 0.438. The van der Waals surface area contributed by atoms with E-state index in [2.05, 4.69) is 35.1 Å². The summed E-state index contributed by atoms with van der Waals surface area (Å²) in [6.45, 7) is 7.10. The second-order valence-electron chi connectivity index (χ2n) is 4.79. The Morgan fingerprint density at radius 3 is 2.63 bits per heavy atom. The molecule has 0 saturated heterocycles. The standard InChI is InChI=1S/C16H22BrNO/c1-4-13(5-2)11-18-16(19)9-8-14-7-6-12(3)10-15(14)17/h6-10,13H,4-5,11H2,1-3H3,(H,18,19)/b9-8+. The van der Waals surface area contributed by atoms with E-state index in [1.165, 1.54) is 5.56 Å². The van der Waals surface area contributed by atoms with E-state index in [0.717, 1.165) is 29.4 Å². The Balaban J connectivity index is 2.54. The molecule has 19 heavy (non-hydrogen) atoms. The van der Waals surface area contributed by atoms with E-state index in [1.807, 2.05) is 31.2 Å². The smallest absolute Gasteiger partial charge is 0.244 e. The number of aryl methyl sites for hydroxylation is 1. The largest absolute Gasteiger partial charge is 0.352 e. The first-order valence-corrected chi connectivity index (χ1v) is 7.58. The molecule has 0 fully saturated rings. The van der Waals surface area contributed by atoms with Gasteiger partial charge in [0.2, 0.25) is 5.91 Å². The van der Waals surface area contributed by atoms with Crippen LogP contribution in [0.3, 0.4) is 0 Å². The lowest BCUT2D eigenvalue weighted by molar-refractivity contribution is -0.116. The molecule has 1 aromatic rings. The third-order valence-corrected chi connectivity index (χ3v) is 3.98. The average Bonchev–Trinajstić information content (AvgIpc) is 2.39. The van der Waals surface area contributed by atoms with Gasteiger partial charge in [-0.3, -0.25) is 4.79 Å². The lowest BCUT2D eigenvalue weighted by Crippen LogP contribution is -2.27. The van der Waals surface area contributed by atoms with Crippen LogP contribution in [0.2, 0.25) is 0 Å². The quantitative estimate of drug-likeness (QED) is 0.776. The van der Waals surface area contributed by atoms with Crippen molar-refractivity contribution in [2.75, 3.05) is 6.54 Å². The van der Waals surface area contributed by atoms with Crippen LogP contribution in [-0.4, -0.2) is 12.5 Å². The van der Waals surface area contributed by atoms with Crippen LogP contribution in [0, 0.1) is 12.8 Å². The van der Waals surface area contributed by atoms with E-state index >= 15 is 0 Å². The van der Waals surface area contributed by atoms with Gasteiger partial charge in [0, 0.05) is 17.1 Å². The second-order valence-corrected chi connectivity index (χ2v) is 5.64. The van der Waals surface area contributed by atoms with Gasteiger partial charge in [0.1, 0.15) is 0 Å². The minimum atomic E-state index is -0.0284. The number of hydrogen-bond donors (Lipinski definition) is 1. The Bertz CT molecular complexity index is 450. The summed E-state index contributed by atoms with van der Waals surface area (Å²) in [5, 5.41) is 2.94. The molecule has 0 saturated carbocycles. The van der Waals surface area contributed by atoms with Crippen LogP contribution >= 0.6 is 15.9 Å². The molecule has 1 amide bonds. The minimum absolute atomic E-state index is 0.0284. The SMILES string of the molecule is CCC(CC)CNC(=O)/C=C/c1ccc(C)cc1Br. The molecule has 0 radical (unpaired) electrons. The first-order chi connectivity index (χ1) is 9.06. The number of benzene rings is 1. The molecule has 0 unspecified atom stereocenters. The number of nitrogens with one attached hydrogen (secondary N) is 1. The highest BCUT2D eigenvalue weighted by Gasteiger charge is 2.04. The van der Waals surface area contributed by atoms with Gasteiger partial charge < -0.3 is 5.32 Å². The van der Waals surface area contributed by atoms with Crippen LogP contribution in [0.5, 0.6) is 0 Å². The fourth-order valence-electron chi connectivity index (χ4n) is 1.81. The van der Waals surface area contributed by atoms with Crippen molar-refractivity contribution >= 4 is 27.9 Å². The van der Waals surface area contributed by atoms with Crippen molar-refractivity contribution < 1.29 is 4.79 Å². The number of rotatable bonds is 6. The van der Waals surface area contributed by atoms with Crippen molar-refractivity contribution in [2.24, 2.45) is 5.92 Å². The molecule has 2 nitrogen and oxygen atoms in total. The molecule has 1 N–H and O–H groups in total. The molecule has 3 heteroatoms. The van der Waals surface area contributed by atoms with Crippen molar-refractivity contribution in [3.05, 3.63) is 39.9 Å². The predicted octanol–water partition coefficient (Wildman–Crippen LogP) is 4.32. The van der Waals surface area contributed by atoms with E-state index in [9.17, 15) is 4.79 Å². The Morgan fingerprint density at radius 1 is 1.37 bits per heavy atom. The summed E-state index contributed by atoms with van der Waals surface area (Å²) in [5.74, 6) is 0.544. The fourth-order valence-corrected chi connectivity index (χ4v) is 2.44. The van der Waals surface area contributed by atoms with Crippen molar-refractivity contribution in [3.8, 4) is 0 Å². The van der Waals surface area contributed by atoms with Crippen molar-refractivity contribution in [1.29, 1.82) is 0 Å².